The third kappa shape index (κ3) is 2.59. The lowest BCUT2D eigenvalue weighted by Crippen LogP contribution is -2.04. The van der Waals surface area contributed by atoms with Crippen molar-refractivity contribution in [1.82, 2.24) is 14.8 Å². The van der Waals surface area contributed by atoms with Gasteiger partial charge in [0, 0.05) is 7.05 Å². The van der Waals surface area contributed by atoms with Crippen LogP contribution in [-0.2, 0) is 20.3 Å². The molecule has 2 aromatic rings. The Labute approximate surface area is 97.5 Å². The van der Waals surface area contributed by atoms with Crippen LogP contribution in [0.3, 0.4) is 0 Å². The summed E-state index contributed by atoms with van der Waals surface area (Å²) >= 11 is 0. The van der Waals surface area contributed by atoms with Gasteiger partial charge in [-0.1, -0.05) is 6.07 Å². The predicted octanol–water partition coefficient (Wildman–Crippen LogP) is 1.03. The van der Waals surface area contributed by atoms with Crippen molar-refractivity contribution in [3.63, 3.8) is 0 Å². The van der Waals surface area contributed by atoms with Crippen LogP contribution in [0, 0.1) is 5.82 Å². The van der Waals surface area contributed by atoms with Gasteiger partial charge in [-0.15, -0.1) is 10.2 Å². The second-order valence-corrected chi connectivity index (χ2v) is 3.57. The van der Waals surface area contributed by atoms with Gasteiger partial charge in [-0.25, -0.2) is 4.39 Å². The third-order valence-electron chi connectivity index (χ3n) is 2.34. The topological polar surface area (TPSA) is 60.2 Å². The van der Waals surface area contributed by atoms with E-state index in [0.717, 1.165) is 0 Å². The van der Waals surface area contributed by atoms with Crippen LogP contribution in [-0.4, -0.2) is 19.9 Å². The van der Waals surface area contributed by atoms with Crippen molar-refractivity contribution in [3.05, 3.63) is 41.7 Å². The Balaban J connectivity index is 2.07. The first-order chi connectivity index (χ1) is 8.20. The number of aryl methyl sites for hydroxylation is 1. The van der Waals surface area contributed by atoms with Crippen molar-refractivity contribution >= 4 is 0 Å². The van der Waals surface area contributed by atoms with Gasteiger partial charge in [0.25, 0.3) is 0 Å². The maximum Gasteiger partial charge on any atom is 0.170 e. The number of nitrogens with zero attached hydrogens (tertiary/aromatic N) is 3. The Bertz CT molecular complexity index is 513. The van der Waals surface area contributed by atoms with Gasteiger partial charge in [0.1, 0.15) is 12.9 Å². The first-order valence-corrected chi connectivity index (χ1v) is 5.05. The predicted molar refractivity (Wildman–Crippen MR) is 57.7 cm³/mol. The quantitative estimate of drug-likeness (QED) is 0.862. The number of aromatic nitrogens is 3. The largest absolute Gasteiger partial charge is 0.483 e. The molecule has 0 fully saturated rings. The number of ether oxygens (including phenoxy) is 1. The molecule has 0 spiro atoms. The fourth-order valence-corrected chi connectivity index (χ4v) is 1.34. The zero-order valence-electron chi connectivity index (χ0n) is 9.30. The van der Waals surface area contributed by atoms with Gasteiger partial charge in [-0.2, -0.15) is 0 Å². The van der Waals surface area contributed by atoms with Crippen molar-refractivity contribution in [2.45, 2.75) is 13.2 Å². The van der Waals surface area contributed by atoms with Crippen LogP contribution in [0.1, 0.15) is 11.4 Å². The van der Waals surface area contributed by atoms with E-state index in [9.17, 15) is 4.39 Å². The Kier molecular flexibility index (Phi) is 3.34. The highest BCUT2D eigenvalue weighted by atomic mass is 19.1. The number of aliphatic hydroxyl groups is 1. The highest BCUT2D eigenvalue weighted by Gasteiger charge is 2.07. The molecule has 1 aromatic carbocycles. The standard InChI is InChI=1S/C11H12FN3O2/c1-15-7-13-14-11(15)6-17-10-3-2-8(5-16)4-9(10)12/h2-4,7,16H,5-6H2,1H3. The Morgan fingerprint density at radius 1 is 1.47 bits per heavy atom. The van der Waals surface area contributed by atoms with Gasteiger partial charge in [-0.3, -0.25) is 0 Å². The Hall–Kier alpha value is -1.95. The van der Waals surface area contributed by atoms with Crippen molar-refractivity contribution in [1.29, 1.82) is 0 Å². The molecular formula is C11H12FN3O2. The number of halogens is 1. The monoisotopic (exact) mass is 237 g/mol. The second kappa shape index (κ2) is 4.92. The molecule has 17 heavy (non-hydrogen) atoms. The zero-order chi connectivity index (χ0) is 12.3. The lowest BCUT2D eigenvalue weighted by Gasteiger charge is -2.07. The van der Waals surface area contributed by atoms with Crippen molar-refractivity contribution in [2.75, 3.05) is 0 Å². The Morgan fingerprint density at radius 3 is 2.88 bits per heavy atom. The van der Waals surface area contributed by atoms with Gasteiger partial charge in [-0.05, 0) is 17.7 Å². The molecule has 0 aliphatic heterocycles. The van der Waals surface area contributed by atoms with Gasteiger partial charge in [0.05, 0.1) is 6.61 Å². The summed E-state index contributed by atoms with van der Waals surface area (Å²) < 4.78 is 20.5. The smallest absolute Gasteiger partial charge is 0.170 e. The molecule has 1 heterocycles. The Morgan fingerprint density at radius 2 is 2.29 bits per heavy atom. The van der Waals surface area contributed by atoms with Crippen LogP contribution in [0.4, 0.5) is 4.39 Å². The molecule has 0 amide bonds. The first kappa shape index (κ1) is 11.5. The average Bonchev–Trinajstić information content (AvgIpc) is 2.73. The molecule has 0 saturated carbocycles. The summed E-state index contributed by atoms with van der Waals surface area (Å²) in [5.41, 5.74) is 0.508. The molecule has 0 bridgehead atoms. The minimum atomic E-state index is -0.501. The van der Waals surface area contributed by atoms with E-state index in [0.29, 0.717) is 11.4 Å². The van der Waals surface area contributed by atoms with Gasteiger partial charge in [0.15, 0.2) is 17.4 Å². The SMILES string of the molecule is Cn1cnnc1COc1ccc(CO)cc1F. The maximum atomic E-state index is 13.5. The van der Waals surface area contributed by atoms with Crippen LogP contribution in [0.5, 0.6) is 5.75 Å². The van der Waals surface area contributed by atoms with Crippen LogP contribution < -0.4 is 4.74 Å². The molecule has 0 aliphatic rings. The van der Waals surface area contributed by atoms with Gasteiger partial charge >= 0.3 is 0 Å². The summed E-state index contributed by atoms with van der Waals surface area (Å²) in [6.45, 7) is -0.0492. The molecule has 5 nitrogen and oxygen atoms in total. The van der Waals surface area contributed by atoms with Crippen molar-refractivity contribution in [3.8, 4) is 5.75 Å². The average molecular weight is 237 g/mol. The van der Waals surface area contributed by atoms with Gasteiger partial charge < -0.3 is 14.4 Å². The number of aliphatic hydroxyl groups excluding tert-OH is 1. The molecule has 0 atom stereocenters. The third-order valence-corrected chi connectivity index (χ3v) is 2.34. The van der Waals surface area contributed by atoms with Crippen LogP contribution in [0.25, 0.3) is 0 Å². The molecular weight excluding hydrogens is 225 g/mol. The molecule has 0 radical (unpaired) electrons. The van der Waals surface area contributed by atoms with E-state index in [2.05, 4.69) is 10.2 Å². The van der Waals surface area contributed by atoms with Crippen LogP contribution in [0.15, 0.2) is 24.5 Å². The lowest BCUT2D eigenvalue weighted by molar-refractivity contribution is 0.271. The molecule has 0 saturated heterocycles. The molecule has 0 unspecified atom stereocenters. The van der Waals surface area contributed by atoms with E-state index in [1.165, 1.54) is 12.1 Å². The second-order valence-electron chi connectivity index (χ2n) is 3.57. The summed E-state index contributed by atoms with van der Waals surface area (Å²) in [5.74, 6) is 0.236. The van der Waals surface area contributed by atoms with Crippen LogP contribution >= 0.6 is 0 Å². The zero-order valence-corrected chi connectivity index (χ0v) is 9.30. The summed E-state index contributed by atoms with van der Waals surface area (Å²) in [4.78, 5) is 0. The number of hydrogen-bond acceptors (Lipinski definition) is 4. The van der Waals surface area contributed by atoms with E-state index in [4.69, 9.17) is 9.84 Å². The summed E-state index contributed by atoms with van der Waals surface area (Å²) in [6, 6.07) is 4.33. The van der Waals surface area contributed by atoms with Gasteiger partial charge in [0.2, 0.25) is 0 Å². The minimum Gasteiger partial charge on any atom is -0.483 e. The van der Waals surface area contributed by atoms with Crippen LogP contribution in [0.2, 0.25) is 0 Å². The number of hydrogen-bond donors (Lipinski definition) is 1. The fraction of sp³-hybridized carbons (Fsp3) is 0.273. The van der Waals surface area contributed by atoms with Crippen molar-refractivity contribution < 1.29 is 14.2 Å². The normalized spacial score (nSPS) is 10.5. The molecule has 0 aliphatic carbocycles. The molecule has 90 valence electrons. The molecule has 1 N–H and O–H groups in total. The number of benzene rings is 1. The molecule has 6 heteroatoms. The molecule has 1 aromatic heterocycles. The van der Waals surface area contributed by atoms with E-state index < -0.39 is 5.82 Å². The first-order valence-electron chi connectivity index (χ1n) is 5.05. The lowest BCUT2D eigenvalue weighted by atomic mass is 10.2. The highest BCUT2D eigenvalue weighted by molar-refractivity contribution is 5.29. The molecule has 2 rings (SSSR count). The minimum absolute atomic E-state index is 0.130. The number of rotatable bonds is 4. The maximum absolute atomic E-state index is 13.5. The highest BCUT2D eigenvalue weighted by Crippen LogP contribution is 2.19. The summed E-state index contributed by atoms with van der Waals surface area (Å²) in [7, 11) is 1.78. The summed E-state index contributed by atoms with van der Waals surface area (Å²) in [6.07, 6.45) is 1.55. The summed E-state index contributed by atoms with van der Waals surface area (Å²) in [5, 5.41) is 16.4. The van der Waals surface area contributed by atoms with Crippen molar-refractivity contribution in [2.24, 2.45) is 7.05 Å². The van der Waals surface area contributed by atoms with E-state index in [-0.39, 0.29) is 19.0 Å². The van der Waals surface area contributed by atoms with E-state index in [1.54, 1.807) is 24.0 Å². The fourth-order valence-electron chi connectivity index (χ4n) is 1.34. The van der Waals surface area contributed by atoms with E-state index >= 15 is 0 Å². The van der Waals surface area contributed by atoms with E-state index in [1.807, 2.05) is 0 Å².